The number of piperazine rings is 1. The van der Waals surface area contributed by atoms with Crippen LogP contribution in [0.2, 0.25) is 0 Å². The van der Waals surface area contributed by atoms with Crippen molar-refractivity contribution in [3.63, 3.8) is 0 Å². The summed E-state index contributed by atoms with van der Waals surface area (Å²) in [6.45, 7) is 5.64. The zero-order valence-corrected chi connectivity index (χ0v) is 15.6. The van der Waals surface area contributed by atoms with Crippen LogP contribution in [-0.4, -0.2) is 61.2 Å². The van der Waals surface area contributed by atoms with Crippen LogP contribution in [0.3, 0.4) is 0 Å². The van der Waals surface area contributed by atoms with E-state index in [0.29, 0.717) is 26.2 Å². The van der Waals surface area contributed by atoms with Gasteiger partial charge in [-0.15, -0.1) is 0 Å². The molecule has 2 rings (SSSR count). The molecule has 6 heteroatoms. The number of nitrogens with zero attached hydrogens (tertiary/aromatic N) is 2. The summed E-state index contributed by atoms with van der Waals surface area (Å²) in [5, 5.41) is 0. The third-order valence-electron chi connectivity index (χ3n) is 3.92. The Labute approximate surface area is 154 Å². The van der Waals surface area contributed by atoms with Crippen LogP contribution < -0.4 is 4.74 Å². The van der Waals surface area contributed by atoms with Crippen molar-refractivity contribution >= 4 is 18.1 Å². The lowest BCUT2D eigenvalue weighted by Crippen LogP contribution is -2.50. The van der Waals surface area contributed by atoms with Crippen LogP contribution in [0.25, 0.3) is 6.08 Å². The third-order valence-corrected chi connectivity index (χ3v) is 3.92. The fraction of sp³-hybridized carbons (Fsp3) is 0.400. The molecule has 26 heavy (non-hydrogen) atoms. The van der Waals surface area contributed by atoms with Gasteiger partial charge in [-0.2, -0.15) is 0 Å². The number of amides is 2. The molecule has 0 saturated carbocycles. The Bertz CT molecular complexity index is 674. The summed E-state index contributed by atoms with van der Waals surface area (Å²) in [7, 11) is 1.63. The first-order valence-corrected chi connectivity index (χ1v) is 8.73. The molecule has 1 aromatic rings. The van der Waals surface area contributed by atoms with Crippen LogP contribution in [0.4, 0.5) is 4.79 Å². The largest absolute Gasteiger partial charge is 0.497 e. The van der Waals surface area contributed by atoms with Gasteiger partial charge in [0.05, 0.1) is 13.2 Å². The fourth-order valence-electron chi connectivity index (χ4n) is 2.54. The molecule has 0 aromatic heterocycles. The minimum absolute atomic E-state index is 0.0582. The lowest BCUT2D eigenvalue weighted by Gasteiger charge is -2.33. The number of carbonyl (C=O) groups excluding carboxylic acids is 2. The Morgan fingerprint density at radius 3 is 2.42 bits per heavy atom. The Morgan fingerprint density at radius 1 is 1.08 bits per heavy atom. The van der Waals surface area contributed by atoms with Crippen molar-refractivity contribution < 1.29 is 19.1 Å². The number of benzene rings is 1. The highest BCUT2D eigenvalue weighted by atomic mass is 16.6. The average molecular weight is 358 g/mol. The van der Waals surface area contributed by atoms with Crippen LogP contribution in [0.5, 0.6) is 5.75 Å². The van der Waals surface area contributed by atoms with Gasteiger partial charge in [-0.1, -0.05) is 30.4 Å². The molecule has 0 aliphatic carbocycles. The summed E-state index contributed by atoms with van der Waals surface area (Å²) >= 11 is 0. The third kappa shape index (κ3) is 5.95. The molecule has 0 bridgehead atoms. The highest BCUT2D eigenvalue weighted by molar-refractivity contribution is 5.88. The normalized spacial score (nSPS) is 15.1. The molecule has 2 amide bonds. The van der Waals surface area contributed by atoms with Crippen molar-refractivity contribution in [1.82, 2.24) is 9.80 Å². The van der Waals surface area contributed by atoms with Crippen molar-refractivity contribution in [1.29, 1.82) is 0 Å². The molecule has 1 saturated heterocycles. The molecule has 0 spiro atoms. The second-order valence-corrected chi connectivity index (χ2v) is 6.24. The van der Waals surface area contributed by atoms with Gasteiger partial charge in [-0.3, -0.25) is 4.79 Å². The van der Waals surface area contributed by atoms with Gasteiger partial charge in [0, 0.05) is 32.3 Å². The summed E-state index contributed by atoms with van der Waals surface area (Å²) in [5.41, 5.74) is 0.999. The van der Waals surface area contributed by atoms with Crippen molar-refractivity contribution in [3.05, 3.63) is 48.1 Å². The topological polar surface area (TPSA) is 59.1 Å². The van der Waals surface area contributed by atoms with Crippen LogP contribution in [-0.2, 0) is 9.53 Å². The highest BCUT2D eigenvalue weighted by Crippen LogP contribution is 2.13. The van der Waals surface area contributed by atoms with E-state index < -0.39 is 0 Å². The van der Waals surface area contributed by atoms with Crippen molar-refractivity contribution in [2.75, 3.05) is 33.3 Å². The predicted octanol–water partition coefficient (Wildman–Crippen LogP) is 2.95. The summed E-state index contributed by atoms with van der Waals surface area (Å²) in [6, 6.07) is 7.68. The van der Waals surface area contributed by atoms with E-state index in [9.17, 15) is 9.59 Å². The smallest absolute Gasteiger partial charge is 0.410 e. The number of carbonyl (C=O) groups is 2. The van der Waals surface area contributed by atoms with E-state index in [1.807, 2.05) is 50.3 Å². The van der Waals surface area contributed by atoms with Crippen LogP contribution in [0.1, 0.15) is 19.4 Å². The molecule has 0 unspecified atom stereocenters. The summed E-state index contributed by atoms with van der Waals surface area (Å²) in [6.07, 6.45) is 6.54. The lowest BCUT2D eigenvalue weighted by molar-refractivity contribution is -0.127. The number of hydrogen-bond donors (Lipinski definition) is 0. The van der Waals surface area contributed by atoms with Gasteiger partial charge in [0.15, 0.2) is 0 Å². The molecule has 1 heterocycles. The molecule has 1 aromatic carbocycles. The first-order chi connectivity index (χ1) is 12.5. The van der Waals surface area contributed by atoms with Crippen LogP contribution in [0.15, 0.2) is 42.5 Å². The average Bonchev–Trinajstić information content (AvgIpc) is 2.64. The maximum Gasteiger partial charge on any atom is 0.410 e. The molecule has 1 aliphatic rings. The molecular formula is C20H26N2O4. The molecule has 0 radical (unpaired) electrons. The fourth-order valence-corrected chi connectivity index (χ4v) is 2.54. The summed E-state index contributed by atoms with van der Waals surface area (Å²) < 4.78 is 10.4. The Kier molecular flexibility index (Phi) is 7.26. The summed E-state index contributed by atoms with van der Waals surface area (Å²) in [5.74, 6) is 0.734. The van der Waals surface area contributed by atoms with Gasteiger partial charge in [-0.05, 0) is 31.5 Å². The van der Waals surface area contributed by atoms with Crippen molar-refractivity contribution in [2.24, 2.45) is 0 Å². The number of hydrogen-bond acceptors (Lipinski definition) is 4. The van der Waals surface area contributed by atoms with Crippen LogP contribution in [0, 0.1) is 0 Å². The number of ether oxygens (including phenoxy) is 2. The van der Waals surface area contributed by atoms with Crippen LogP contribution >= 0.6 is 0 Å². The molecule has 0 atom stereocenters. The predicted molar refractivity (Wildman–Crippen MR) is 101 cm³/mol. The van der Waals surface area contributed by atoms with Gasteiger partial charge < -0.3 is 19.3 Å². The SMILES string of the molecule is COc1cccc(/C=C/C=C/C(=O)N2CCN(C(=O)OC(C)C)CC2)c1. The molecule has 140 valence electrons. The molecule has 0 N–H and O–H groups in total. The van der Waals surface area contributed by atoms with Gasteiger partial charge in [-0.25, -0.2) is 4.79 Å². The van der Waals surface area contributed by atoms with Gasteiger partial charge in [0.25, 0.3) is 0 Å². The van der Waals surface area contributed by atoms with Crippen molar-refractivity contribution in [2.45, 2.75) is 20.0 Å². The zero-order chi connectivity index (χ0) is 18.9. The first-order valence-electron chi connectivity index (χ1n) is 8.73. The zero-order valence-electron chi connectivity index (χ0n) is 15.6. The van der Waals surface area contributed by atoms with Gasteiger partial charge in [0.2, 0.25) is 5.91 Å². The quantitative estimate of drug-likeness (QED) is 0.600. The molecule has 6 nitrogen and oxygen atoms in total. The number of allylic oxidation sites excluding steroid dienone is 2. The standard InChI is InChI=1S/C20H26N2O4/c1-16(2)26-20(24)22-13-11-21(12-14-22)19(23)10-5-4-7-17-8-6-9-18(15-17)25-3/h4-10,15-16H,11-14H2,1-3H3/b7-4+,10-5+. The maximum absolute atomic E-state index is 12.2. The Morgan fingerprint density at radius 2 is 1.77 bits per heavy atom. The van der Waals surface area contributed by atoms with E-state index in [1.165, 1.54) is 0 Å². The highest BCUT2D eigenvalue weighted by Gasteiger charge is 2.24. The lowest BCUT2D eigenvalue weighted by atomic mass is 10.2. The molecule has 1 fully saturated rings. The minimum Gasteiger partial charge on any atom is -0.497 e. The Hall–Kier alpha value is -2.76. The van der Waals surface area contributed by atoms with E-state index in [0.717, 1.165) is 11.3 Å². The maximum atomic E-state index is 12.2. The van der Waals surface area contributed by atoms with E-state index in [2.05, 4.69) is 0 Å². The molecular weight excluding hydrogens is 332 g/mol. The second-order valence-electron chi connectivity index (χ2n) is 6.24. The summed E-state index contributed by atoms with van der Waals surface area (Å²) in [4.78, 5) is 27.4. The van der Waals surface area contributed by atoms with Gasteiger partial charge in [0.1, 0.15) is 5.75 Å². The first kappa shape index (κ1) is 19.6. The van der Waals surface area contributed by atoms with E-state index in [-0.39, 0.29) is 18.1 Å². The number of rotatable bonds is 5. The monoisotopic (exact) mass is 358 g/mol. The Balaban J connectivity index is 1.80. The molecule has 1 aliphatic heterocycles. The minimum atomic E-state index is -0.316. The van der Waals surface area contributed by atoms with Gasteiger partial charge >= 0.3 is 6.09 Å². The second kappa shape index (κ2) is 9.65. The van der Waals surface area contributed by atoms with E-state index in [4.69, 9.17) is 9.47 Å². The van der Waals surface area contributed by atoms with Crippen molar-refractivity contribution in [3.8, 4) is 5.75 Å². The number of methoxy groups -OCH3 is 1. The van der Waals surface area contributed by atoms with E-state index in [1.54, 1.807) is 29.1 Å². The van der Waals surface area contributed by atoms with E-state index >= 15 is 0 Å².